The minimum absolute atomic E-state index is 0.141. The molecule has 0 bridgehead atoms. The van der Waals surface area contributed by atoms with E-state index in [0.29, 0.717) is 16.6 Å². The second-order valence-electron chi connectivity index (χ2n) is 6.94. The van der Waals surface area contributed by atoms with Gasteiger partial charge < -0.3 is 5.32 Å². The van der Waals surface area contributed by atoms with Gasteiger partial charge in [-0.15, -0.1) is 0 Å². The summed E-state index contributed by atoms with van der Waals surface area (Å²) in [7, 11) is 0. The fourth-order valence-corrected chi connectivity index (χ4v) is 3.44. The Balaban J connectivity index is 1.68. The number of nitrogens with one attached hydrogen (secondary N) is 2. The highest BCUT2D eigenvalue weighted by molar-refractivity contribution is 5.94. The Kier molecular flexibility index (Phi) is 4.41. The van der Waals surface area contributed by atoms with Gasteiger partial charge in [-0.05, 0) is 42.3 Å². The summed E-state index contributed by atoms with van der Waals surface area (Å²) in [6.45, 7) is -0.881. The lowest BCUT2D eigenvalue weighted by molar-refractivity contribution is 0.0963. The van der Waals surface area contributed by atoms with Crippen molar-refractivity contribution in [3.05, 3.63) is 82.2 Å². The molecule has 0 aliphatic heterocycles. The molecule has 0 saturated heterocycles. The number of aromatic amines is 1. The lowest BCUT2D eigenvalue weighted by atomic mass is 10.0. The Morgan fingerprint density at radius 3 is 2.87 bits per heavy atom. The van der Waals surface area contributed by atoms with Gasteiger partial charge in [-0.25, -0.2) is 13.8 Å². The van der Waals surface area contributed by atoms with Crippen LogP contribution in [0.15, 0.2) is 59.8 Å². The lowest BCUT2D eigenvalue weighted by Crippen LogP contribution is -2.25. The van der Waals surface area contributed by atoms with Gasteiger partial charge in [0.25, 0.3) is 17.9 Å². The number of amides is 1. The third-order valence-corrected chi connectivity index (χ3v) is 5.14. The number of hydrogen-bond donors (Lipinski definition) is 2. The normalized spacial score (nSPS) is 14.1. The molecule has 0 aliphatic carbocycles. The Bertz CT molecular complexity index is 1430. The van der Waals surface area contributed by atoms with Crippen LogP contribution in [0.4, 0.5) is 8.78 Å². The minimum Gasteiger partial charge on any atom is -0.355 e. The van der Waals surface area contributed by atoms with Gasteiger partial charge in [0.15, 0.2) is 0 Å². The predicted molar refractivity (Wildman–Crippen MR) is 112 cm³/mol. The van der Waals surface area contributed by atoms with Gasteiger partial charge in [-0.3, -0.25) is 19.3 Å². The number of rotatable bonds is 5. The molecule has 7 nitrogen and oxygen atoms in total. The van der Waals surface area contributed by atoms with Crippen molar-refractivity contribution in [1.29, 1.82) is 0 Å². The van der Waals surface area contributed by atoms with E-state index in [-0.39, 0.29) is 27.8 Å². The zero-order chi connectivity index (χ0) is 24.6. The average molecular weight is 426 g/mol. The van der Waals surface area contributed by atoms with Crippen molar-refractivity contribution in [1.82, 2.24) is 25.1 Å². The number of H-pyrrole nitrogens is 1. The smallest absolute Gasteiger partial charge is 0.280 e. The molecule has 158 valence electrons. The standard InChI is InChI=1S/C22H19F2N5O2/c1-12(13-4-3-5-15(8-13)21(30)25-2)29-11-26-18-9-14(6-7-16(18)22(29)31)17-10-27-28-19(17)20(23)24/h3-12,20H,1-2H3,(H,25,30)(H,27,28)/t12-/m1/s1/i2D3. The van der Waals surface area contributed by atoms with E-state index in [9.17, 15) is 18.4 Å². The topological polar surface area (TPSA) is 92.7 Å². The molecule has 0 spiro atoms. The SMILES string of the molecule is [2H]C([2H])([2H])NC(=O)c1cccc([C@@H](C)n2cnc3cc(-c4cn[nH]c4C(F)F)ccc3c2=O)c1. The summed E-state index contributed by atoms with van der Waals surface area (Å²) in [4.78, 5) is 29.7. The Morgan fingerprint density at radius 1 is 1.26 bits per heavy atom. The first kappa shape index (κ1) is 16.9. The Labute approximate surface area is 180 Å². The van der Waals surface area contributed by atoms with Crippen LogP contribution in [0.3, 0.4) is 0 Å². The van der Waals surface area contributed by atoms with Gasteiger partial charge in [-0.2, -0.15) is 5.10 Å². The van der Waals surface area contributed by atoms with Crippen molar-refractivity contribution < 1.29 is 17.7 Å². The number of carbonyl (C=O) groups excluding carboxylic acids is 1. The summed E-state index contributed by atoms with van der Waals surface area (Å²) >= 11 is 0. The van der Waals surface area contributed by atoms with E-state index in [0.717, 1.165) is 0 Å². The molecule has 0 aliphatic rings. The number of hydrogen-bond acceptors (Lipinski definition) is 4. The zero-order valence-corrected chi connectivity index (χ0v) is 16.3. The van der Waals surface area contributed by atoms with Crippen LogP contribution in [0, 0.1) is 0 Å². The molecule has 1 atom stereocenters. The van der Waals surface area contributed by atoms with Gasteiger partial charge >= 0.3 is 0 Å². The maximum atomic E-state index is 13.2. The molecule has 4 aromatic rings. The first-order valence-corrected chi connectivity index (χ1v) is 9.30. The second kappa shape index (κ2) is 8.10. The van der Waals surface area contributed by atoms with Crippen LogP contribution in [-0.2, 0) is 0 Å². The number of carbonyl (C=O) groups is 1. The van der Waals surface area contributed by atoms with E-state index < -0.39 is 25.4 Å². The average Bonchev–Trinajstić information content (AvgIpc) is 3.28. The largest absolute Gasteiger partial charge is 0.355 e. The summed E-state index contributed by atoms with van der Waals surface area (Å²) in [5.41, 5.74) is 1.06. The third kappa shape index (κ3) is 3.70. The second-order valence-corrected chi connectivity index (χ2v) is 6.94. The van der Waals surface area contributed by atoms with E-state index in [1.165, 1.54) is 35.3 Å². The van der Waals surface area contributed by atoms with Crippen LogP contribution >= 0.6 is 0 Å². The Hall–Kier alpha value is -3.88. The maximum Gasteiger partial charge on any atom is 0.280 e. The van der Waals surface area contributed by atoms with Gasteiger partial charge in [-0.1, -0.05) is 18.2 Å². The van der Waals surface area contributed by atoms with Crippen LogP contribution in [0.25, 0.3) is 22.0 Å². The lowest BCUT2D eigenvalue weighted by Gasteiger charge is -2.16. The fraction of sp³-hybridized carbons (Fsp3) is 0.182. The molecular formula is C22H19F2N5O2. The van der Waals surface area contributed by atoms with Crippen LogP contribution in [0.1, 0.15) is 45.1 Å². The highest BCUT2D eigenvalue weighted by Gasteiger charge is 2.18. The van der Waals surface area contributed by atoms with Crippen molar-refractivity contribution in [2.45, 2.75) is 19.4 Å². The molecule has 2 aromatic heterocycles. The van der Waals surface area contributed by atoms with Gasteiger partial charge in [0.05, 0.1) is 29.5 Å². The first-order valence-electron chi connectivity index (χ1n) is 10.8. The maximum absolute atomic E-state index is 13.2. The number of nitrogens with zero attached hydrogens (tertiary/aromatic N) is 3. The zero-order valence-electron chi connectivity index (χ0n) is 19.3. The minimum atomic E-state index is -2.73. The molecular weight excluding hydrogens is 404 g/mol. The molecule has 2 N–H and O–H groups in total. The van der Waals surface area contributed by atoms with Crippen molar-refractivity contribution in [2.75, 3.05) is 6.98 Å². The van der Waals surface area contributed by atoms with Crippen molar-refractivity contribution in [2.24, 2.45) is 0 Å². The van der Waals surface area contributed by atoms with E-state index in [1.807, 2.05) is 5.32 Å². The van der Waals surface area contributed by atoms with Gasteiger partial charge in [0.1, 0.15) is 5.69 Å². The summed E-state index contributed by atoms with van der Waals surface area (Å²) in [5.74, 6) is -0.757. The summed E-state index contributed by atoms with van der Waals surface area (Å²) in [6.07, 6.45) is -0.0912. The molecule has 31 heavy (non-hydrogen) atoms. The van der Waals surface area contributed by atoms with E-state index in [1.54, 1.807) is 31.2 Å². The van der Waals surface area contributed by atoms with Gasteiger partial charge in [0, 0.05) is 22.2 Å². The molecule has 1 amide bonds. The number of benzene rings is 2. The quantitative estimate of drug-likeness (QED) is 0.509. The summed E-state index contributed by atoms with van der Waals surface area (Å²) in [6, 6.07) is 10.4. The number of fused-ring (bicyclic) bond motifs is 1. The summed E-state index contributed by atoms with van der Waals surface area (Å²) in [5, 5.41) is 8.18. The van der Waals surface area contributed by atoms with Crippen LogP contribution < -0.4 is 10.9 Å². The molecule has 0 radical (unpaired) electrons. The van der Waals surface area contributed by atoms with E-state index >= 15 is 0 Å². The molecule has 2 heterocycles. The molecule has 0 saturated carbocycles. The highest BCUT2D eigenvalue weighted by atomic mass is 19.3. The molecule has 0 fully saturated rings. The number of halogens is 2. The van der Waals surface area contributed by atoms with Crippen LogP contribution in [0.5, 0.6) is 0 Å². The fourth-order valence-electron chi connectivity index (χ4n) is 3.44. The number of aromatic nitrogens is 4. The highest BCUT2D eigenvalue weighted by Crippen LogP contribution is 2.30. The van der Waals surface area contributed by atoms with Crippen molar-refractivity contribution in [3.63, 3.8) is 0 Å². The van der Waals surface area contributed by atoms with Crippen LogP contribution in [-0.4, -0.2) is 32.6 Å². The first-order chi connectivity index (χ1) is 16.0. The third-order valence-electron chi connectivity index (χ3n) is 5.14. The molecule has 4 rings (SSSR count). The van der Waals surface area contributed by atoms with Crippen LogP contribution in [0.2, 0.25) is 0 Å². The molecule has 0 unspecified atom stereocenters. The van der Waals surface area contributed by atoms with E-state index in [4.69, 9.17) is 4.11 Å². The van der Waals surface area contributed by atoms with Gasteiger partial charge in [0.2, 0.25) is 0 Å². The predicted octanol–water partition coefficient (Wildman–Crippen LogP) is 3.69. The van der Waals surface area contributed by atoms with Crippen molar-refractivity contribution >= 4 is 16.8 Å². The monoisotopic (exact) mass is 426 g/mol. The molecule has 9 heteroatoms. The summed E-state index contributed by atoms with van der Waals surface area (Å²) < 4.78 is 49.3. The Morgan fingerprint density at radius 2 is 2.10 bits per heavy atom. The number of alkyl halides is 2. The van der Waals surface area contributed by atoms with Crippen molar-refractivity contribution in [3.8, 4) is 11.1 Å². The van der Waals surface area contributed by atoms with E-state index in [2.05, 4.69) is 15.2 Å². The molecule has 2 aromatic carbocycles.